The number of carbonyl (C=O) groups excluding carboxylic acids is 2. The number of thiophene rings is 1. The van der Waals surface area contributed by atoms with Crippen LogP contribution in [-0.2, 0) is 9.47 Å². The second-order valence-corrected chi connectivity index (χ2v) is 5.78. The van der Waals surface area contributed by atoms with Crippen LogP contribution >= 0.6 is 11.3 Å². The molecule has 0 radical (unpaired) electrons. The van der Waals surface area contributed by atoms with Gasteiger partial charge in [-0.2, -0.15) is 0 Å². The van der Waals surface area contributed by atoms with Crippen LogP contribution in [0.2, 0.25) is 0 Å². The Hall–Kier alpha value is -1.56. The van der Waals surface area contributed by atoms with Crippen LogP contribution < -0.4 is 5.32 Å². The van der Waals surface area contributed by atoms with Gasteiger partial charge in [-0.05, 0) is 27.7 Å². The quantitative estimate of drug-likeness (QED) is 0.839. The van der Waals surface area contributed by atoms with Crippen molar-refractivity contribution in [2.75, 3.05) is 12.4 Å². The molecule has 0 fully saturated rings. The highest BCUT2D eigenvalue weighted by molar-refractivity contribution is 7.10. The SMILES string of the molecule is COC(=O)c1c(NC(=O)OC(C)(C)C)csc1C. The van der Waals surface area contributed by atoms with E-state index in [4.69, 9.17) is 4.74 Å². The molecular formula is C12H17NO4S. The first-order valence-electron chi connectivity index (χ1n) is 5.41. The van der Waals surface area contributed by atoms with Crippen molar-refractivity contribution in [1.82, 2.24) is 0 Å². The van der Waals surface area contributed by atoms with Gasteiger partial charge in [0.05, 0.1) is 18.4 Å². The molecule has 0 unspecified atom stereocenters. The third-order valence-corrected chi connectivity index (χ3v) is 2.91. The van der Waals surface area contributed by atoms with Gasteiger partial charge in [-0.3, -0.25) is 5.32 Å². The van der Waals surface area contributed by atoms with Crippen LogP contribution in [0, 0.1) is 6.92 Å². The van der Waals surface area contributed by atoms with E-state index in [1.54, 1.807) is 33.1 Å². The number of aryl methyl sites for hydroxylation is 1. The first-order valence-corrected chi connectivity index (χ1v) is 6.29. The molecule has 0 saturated carbocycles. The van der Waals surface area contributed by atoms with Gasteiger partial charge in [0.25, 0.3) is 0 Å². The molecule has 0 atom stereocenters. The Morgan fingerprint density at radius 3 is 2.44 bits per heavy atom. The zero-order chi connectivity index (χ0) is 13.9. The van der Waals surface area contributed by atoms with Gasteiger partial charge in [-0.25, -0.2) is 9.59 Å². The average molecular weight is 271 g/mol. The zero-order valence-corrected chi connectivity index (χ0v) is 11.9. The summed E-state index contributed by atoms with van der Waals surface area (Å²) in [6, 6.07) is 0. The lowest BCUT2D eigenvalue weighted by Crippen LogP contribution is -2.27. The molecule has 0 aromatic carbocycles. The van der Waals surface area contributed by atoms with Gasteiger partial charge in [0.2, 0.25) is 0 Å². The average Bonchev–Trinajstić information content (AvgIpc) is 2.56. The lowest BCUT2D eigenvalue weighted by Gasteiger charge is -2.19. The fourth-order valence-corrected chi connectivity index (χ4v) is 2.10. The van der Waals surface area contributed by atoms with Gasteiger partial charge in [-0.15, -0.1) is 11.3 Å². The Bertz CT molecular complexity index is 459. The molecule has 18 heavy (non-hydrogen) atoms. The number of esters is 1. The maximum Gasteiger partial charge on any atom is 0.412 e. The molecule has 0 bridgehead atoms. The Morgan fingerprint density at radius 1 is 1.33 bits per heavy atom. The summed E-state index contributed by atoms with van der Waals surface area (Å²) in [5, 5.41) is 4.24. The molecule has 1 rings (SSSR count). The molecule has 0 aliphatic carbocycles. The third kappa shape index (κ3) is 3.73. The highest BCUT2D eigenvalue weighted by atomic mass is 32.1. The number of hydrogen-bond acceptors (Lipinski definition) is 5. The summed E-state index contributed by atoms with van der Waals surface area (Å²) in [4.78, 5) is 24.0. The van der Waals surface area contributed by atoms with E-state index < -0.39 is 17.7 Å². The van der Waals surface area contributed by atoms with Gasteiger partial charge in [0, 0.05) is 10.3 Å². The maximum absolute atomic E-state index is 11.6. The van der Waals surface area contributed by atoms with E-state index in [0.717, 1.165) is 4.88 Å². The number of ether oxygens (including phenoxy) is 2. The molecule has 1 aromatic rings. The minimum absolute atomic E-state index is 0.369. The monoisotopic (exact) mass is 271 g/mol. The number of amides is 1. The zero-order valence-electron chi connectivity index (χ0n) is 11.1. The summed E-state index contributed by atoms with van der Waals surface area (Å²) < 4.78 is 9.80. The van der Waals surface area contributed by atoms with E-state index in [2.05, 4.69) is 10.1 Å². The van der Waals surface area contributed by atoms with E-state index >= 15 is 0 Å². The van der Waals surface area contributed by atoms with Gasteiger partial charge in [-0.1, -0.05) is 0 Å². The van der Waals surface area contributed by atoms with Crippen LogP contribution in [0.1, 0.15) is 36.0 Å². The molecule has 0 aliphatic heterocycles. The molecule has 0 aliphatic rings. The van der Waals surface area contributed by atoms with E-state index in [9.17, 15) is 9.59 Å². The van der Waals surface area contributed by atoms with Crippen molar-refractivity contribution < 1.29 is 19.1 Å². The van der Waals surface area contributed by atoms with Crippen LogP contribution in [0.4, 0.5) is 10.5 Å². The molecule has 1 heterocycles. The third-order valence-electron chi connectivity index (χ3n) is 2.00. The van der Waals surface area contributed by atoms with Crippen molar-refractivity contribution in [1.29, 1.82) is 0 Å². The van der Waals surface area contributed by atoms with Crippen molar-refractivity contribution in [3.05, 3.63) is 15.8 Å². The van der Waals surface area contributed by atoms with Crippen molar-refractivity contribution in [2.45, 2.75) is 33.3 Å². The summed E-state index contributed by atoms with van der Waals surface area (Å²) >= 11 is 1.36. The number of anilines is 1. The minimum atomic E-state index is -0.592. The molecule has 6 heteroatoms. The van der Waals surface area contributed by atoms with Gasteiger partial charge >= 0.3 is 12.1 Å². The Kier molecular flexibility index (Phi) is 4.34. The molecular weight excluding hydrogens is 254 g/mol. The van der Waals surface area contributed by atoms with E-state index in [0.29, 0.717) is 11.3 Å². The van der Waals surface area contributed by atoms with Crippen LogP contribution in [0.5, 0.6) is 0 Å². The number of methoxy groups -OCH3 is 1. The molecule has 1 aromatic heterocycles. The Labute approximate surface area is 110 Å². The maximum atomic E-state index is 11.6. The normalized spacial score (nSPS) is 10.9. The minimum Gasteiger partial charge on any atom is -0.465 e. The van der Waals surface area contributed by atoms with E-state index in [-0.39, 0.29) is 0 Å². The summed E-state index contributed by atoms with van der Waals surface area (Å²) in [6.07, 6.45) is -0.592. The van der Waals surface area contributed by atoms with Crippen molar-refractivity contribution in [3.63, 3.8) is 0 Å². The second-order valence-electron chi connectivity index (χ2n) is 4.70. The number of carbonyl (C=O) groups is 2. The summed E-state index contributed by atoms with van der Waals surface area (Å²) in [5.41, 5.74) is 0.201. The summed E-state index contributed by atoms with van der Waals surface area (Å²) in [7, 11) is 1.30. The molecule has 0 saturated heterocycles. The Morgan fingerprint density at radius 2 is 1.94 bits per heavy atom. The largest absolute Gasteiger partial charge is 0.465 e. The highest BCUT2D eigenvalue weighted by Gasteiger charge is 2.21. The molecule has 5 nitrogen and oxygen atoms in total. The van der Waals surface area contributed by atoms with Crippen molar-refractivity contribution >= 4 is 29.1 Å². The van der Waals surface area contributed by atoms with Crippen molar-refractivity contribution in [2.24, 2.45) is 0 Å². The lowest BCUT2D eigenvalue weighted by molar-refractivity contribution is 0.0601. The second kappa shape index (κ2) is 5.39. The molecule has 1 amide bonds. The van der Waals surface area contributed by atoms with Gasteiger partial charge < -0.3 is 9.47 Å². The highest BCUT2D eigenvalue weighted by Crippen LogP contribution is 2.27. The lowest BCUT2D eigenvalue weighted by atomic mass is 10.2. The fraction of sp³-hybridized carbons (Fsp3) is 0.500. The standard InChI is InChI=1S/C12H17NO4S/c1-7-9(10(14)16-5)8(6-18-7)13-11(15)17-12(2,3)4/h6H,1-5H3,(H,13,15). The smallest absolute Gasteiger partial charge is 0.412 e. The topological polar surface area (TPSA) is 64.6 Å². The number of rotatable bonds is 2. The van der Waals surface area contributed by atoms with Crippen LogP contribution in [0.3, 0.4) is 0 Å². The predicted octanol–water partition coefficient (Wildman–Crippen LogP) is 3.19. The fourth-order valence-electron chi connectivity index (χ4n) is 1.32. The number of nitrogens with one attached hydrogen (secondary N) is 1. The number of hydrogen-bond donors (Lipinski definition) is 1. The van der Waals surface area contributed by atoms with Crippen LogP contribution in [-0.4, -0.2) is 24.8 Å². The van der Waals surface area contributed by atoms with E-state index in [1.165, 1.54) is 18.4 Å². The molecule has 1 N–H and O–H groups in total. The van der Waals surface area contributed by atoms with Gasteiger partial charge in [0.1, 0.15) is 5.60 Å². The van der Waals surface area contributed by atoms with Crippen LogP contribution in [0.25, 0.3) is 0 Å². The molecule has 100 valence electrons. The Balaban J connectivity index is 2.86. The van der Waals surface area contributed by atoms with Gasteiger partial charge in [0.15, 0.2) is 0 Å². The first kappa shape index (κ1) is 14.5. The van der Waals surface area contributed by atoms with Crippen LogP contribution in [0.15, 0.2) is 5.38 Å². The summed E-state index contributed by atoms with van der Waals surface area (Å²) in [5.74, 6) is -0.472. The van der Waals surface area contributed by atoms with E-state index in [1.807, 2.05) is 0 Å². The molecule has 0 spiro atoms. The predicted molar refractivity (Wildman–Crippen MR) is 70.3 cm³/mol. The first-order chi connectivity index (χ1) is 8.24. The van der Waals surface area contributed by atoms with Crippen molar-refractivity contribution in [3.8, 4) is 0 Å². The summed E-state index contributed by atoms with van der Waals surface area (Å²) in [6.45, 7) is 7.10.